The molecule has 0 aromatic heterocycles. The maximum Gasteiger partial charge on any atom is 0.0249 e. The van der Waals surface area contributed by atoms with Crippen molar-refractivity contribution in [2.24, 2.45) is 0 Å². The summed E-state index contributed by atoms with van der Waals surface area (Å²) in [6.07, 6.45) is 8.48. The van der Waals surface area contributed by atoms with Crippen LogP contribution in [0.3, 0.4) is 0 Å². The van der Waals surface area contributed by atoms with E-state index in [1.54, 1.807) is 0 Å². The van der Waals surface area contributed by atoms with E-state index in [1.807, 2.05) is 24.3 Å². The van der Waals surface area contributed by atoms with Crippen LogP contribution in [0.25, 0.3) is 0 Å². The van der Waals surface area contributed by atoms with E-state index in [0.29, 0.717) is 0 Å². The first-order valence-corrected chi connectivity index (χ1v) is 9.51. The van der Waals surface area contributed by atoms with Crippen LogP contribution in [0.2, 0.25) is 0 Å². The van der Waals surface area contributed by atoms with Crippen LogP contribution in [-0.2, 0) is 6.42 Å². The van der Waals surface area contributed by atoms with Gasteiger partial charge in [-0.3, -0.25) is 0 Å². The van der Waals surface area contributed by atoms with Gasteiger partial charge in [0.2, 0.25) is 0 Å². The van der Waals surface area contributed by atoms with Crippen molar-refractivity contribution in [1.82, 2.24) is 0 Å². The van der Waals surface area contributed by atoms with E-state index in [1.165, 1.54) is 37.7 Å². The number of rotatable bonds is 6. The Labute approximate surface area is 153 Å². The Kier molecular flexibility index (Phi) is 8.44. The highest BCUT2D eigenvalue weighted by Crippen LogP contribution is 2.09. The van der Waals surface area contributed by atoms with Crippen molar-refractivity contribution in [1.29, 1.82) is 0 Å². The highest BCUT2D eigenvalue weighted by molar-refractivity contribution is 5.46. The van der Waals surface area contributed by atoms with Crippen molar-refractivity contribution in [3.05, 3.63) is 70.8 Å². The maximum atomic E-state index is 3.25. The normalized spacial score (nSPS) is 9.68. The average Bonchev–Trinajstić information content (AvgIpc) is 2.66. The molecule has 0 heterocycles. The van der Waals surface area contributed by atoms with Gasteiger partial charge >= 0.3 is 0 Å². The van der Waals surface area contributed by atoms with Crippen LogP contribution in [0.15, 0.2) is 48.5 Å². The van der Waals surface area contributed by atoms with Crippen molar-refractivity contribution >= 4 is 0 Å². The molecule has 0 radical (unpaired) electrons. The van der Waals surface area contributed by atoms with Gasteiger partial charge in [-0.05, 0) is 61.2 Å². The van der Waals surface area contributed by atoms with Gasteiger partial charge in [-0.2, -0.15) is 0 Å². The van der Waals surface area contributed by atoms with Crippen molar-refractivity contribution in [2.45, 2.75) is 58.8 Å². The monoisotopic (exact) mass is 328 g/mol. The molecule has 25 heavy (non-hydrogen) atoms. The van der Waals surface area contributed by atoms with E-state index in [0.717, 1.165) is 29.5 Å². The fourth-order valence-corrected chi connectivity index (χ4v) is 2.58. The topological polar surface area (TPSA) is 0 Å². The second-order valence-corrected chi connectivity index (χ2v) is 6.39. The smallest absolute Gasteiger partial charge is 0.0249 e. The van der Waals surface area contributed by atoms with E-state index < -0.39 is 0 Å². The van der Waals surface area contributed by atoms with Crippen molar-refractivity contribution < 1.29 is 0 Å². The lowest BCUT2D eigenvalue weighted by Gasteiger charge is -2.01. The number of hydrogen-bond acceptors (Lipinski definition) is 0. The zero-order chi connectivity index (χ0) is 17.7. The molecule has 0 unspecified atom stereocenters. The molecule has 0 saturated heterocycles. The summed E-state index contributed by atoms with van der Waals surface area (Å²) >= 11 is 0. The first kappa shape index (κ1) is 18.9. The molecule has 0 aliphatic heterocycles. The first-order chi connectivity index (χ1) is 12.3. The Morgan fingerprint density at radius 2 is 1.16 bits per heavy atom. The summed E-state index contributed by atoms with van der Waals surface area (Å²) < 4.78 is 0. The van der Waals surface area contributed by atoms with Gasteiger partial charge < -0.3 is 0 Å². The summed E-state index contributed by atoms with van der Waals surface area (Å²) in [5.74, 6) is 12.8. The Morgan fingerprint density at radius 3 is 1.72 bits per heavy atom. The third-order valence-electron chi connectivity index (χ3n) is 4.12. The molecular weight excluding hydrogens is 300 g/mol. The highest BCUT2D eigenvalue weighted by atomic mass is 14.0. The van der Waals surface area contributed by atoms with E-state index >= 15 is 0 Å². The van der Waals surface area contributed by atoms with Gasteiger partial charge in [0.25, 0.3) is 0 Å². The van der Waals surface area contributed by atoms with Crippen LogP contribution >= 0.6 is 0 Å². The zero-order valence-corrected chi connectivity index (χ0v) is 15.6. The molecule has 0 nitrogen and oxygen atoms in total. The van der Waals surface area contributed by atoms with Gasteiger partial charge in [0.1, 0.15) is 0 Å². The molecular formula is C25H28. The lowest BCUT2D eigenvalue weighted by Crippen LogP contribution is -1.86. The minimum Gasteiger partial charge on any atom is -0.0979 e. The van der Waals surface area contributed by atoms with Gasteiger partial charge in [-0.15, -0.1) is 0 Å². The van der Waals surface area contributed by atoms with Crippen LogP contribution in [0.1, 0.15) is 74.6 Å². The molecule has 0 bridgehead atoms. The lowest BCUT2D eigenvalue weighted by molar-refractivity contribution is 0.667. The summed E-state index contributed by atoms with van der Waals surface area (Å²) in [5.41, 5.74) is 4.58. The Morgan fingerprint density at radius 1 is 0.600 bits per heavy atom. The third-order valence-corrected chi connectivity index (χ3v) is 4.12. The van der Waals surface area contributed by atoms with Gasteiger partial charge in [0, 0.05) is 23.1 Å². The van der Waals surface area contributed by atoms with Crippen LogP contribution in [-0.4, -0.2) is 0 Å². The van der Waals surface area contributed by atoms with Crippen molar-refractivity contribution in [3.63, 3.8) is 0 Å². The second kappa shape index (κ2) is 11.2. The Hall–Kier alpha value is -2.44. The maximum absolute atomic E-state index is 3.25. The van der Waals surface area contributed by atoms with E-state index in [-0.39, 0.29) is 0 Å². The largest absolute Gasteiger partial charge is 0.0979 e. The zero-order valence-electron chi connectivity index (χ0n) is 15.6. The Balaban J connectivity index is 1.91. The lowest BCUT2D eigenvalue weighted by atomic mass is 10.0. The summed E-state index contributed by atoms with van der Waals surface area (Å²) in [6, 6.07) is 16.9. The fraction of sp³-hybridized carbons (Fsp3) is 0.360. The van der Waals surface area contributed by atoms with Gasteiger partial charge in [0.05, 0.1) is 0 Å². The molecule has 2 aromatic rings. The van der Waals surface area contributed by atoms with Gasteiger partial charge in [-0.1, -0.05) is 68.9 Å². The number of benzene rings is 2. The molecule has 0 N–H and O–H groups in total. The molecule has 128 valence electrons. The summed E-state index contributed by atoms with van der Waals surface area (Å²) in [7, 11) is 0. The molecule has 0 aliphatic carbocycles. The molecule has 0 fully saturated rings. The summed E-state index contributed by atoms with van der Waals surface area (Å²) in [5, 5.41) is 0. The summed E-state index contributed by atoms with van der Waals surface area (Å²) in [6.45, 7) is 4.40. The van der Waals surface area contributed by atoms with E-state index in [2.05, 4.69) is 61.8 Å². The molecule has 2 rings (SSSR count). The predicted molar refractivity (Wildman–Crippen MR) is 108 cm³/mol. The molecule has 0 aliphatic rings. The first-order valence-electron chi connectivity index (χ1n) is 9.51. The van der Waals surface area contributed by atoms with Gasteiger partial charge in [0.15, 0.2) is 0 Å². The number of aryl methyl sites for hydroxylation is 1. The summed E-state index contributed by atoms with van der Waals surface area (Å²) in [4.78, 5) is 0. The minimum absolute atomic E-state index is 0.955. The van der Waals surface area contributed by atoms with E-state index in [9.17, 15) is 0 Å². The van der Waals surface area contributed by atoms with Crippen LogP contribution < -0.4 is 0 Å². The minimum atomic E-state index is 0.955. The molecule has 0 saturated carbocycles. The fourth-order valence-electron chi connectivity index (χ4n) is 2.58. The molecule has 0 amide bonds. The SMILES string of the molecule is CCCC#Cc1ccc(C#Cc2ccc(CCCCCC)cc2)cc1. The number of hydrogen-bond donors (Lipinski definition) is 0. The molecule has 0 heteroatoms. The Bertz CT molecular complexity index is 740. The standard InChI is InChI=1S/C25H28/c1-3-5-7-9-11-23-14-18-25(19-15-23)21-20-24-16-12-22(13-17-24)10-8-6-4-2/h12-19H,3-7,9,11H2,1-2H3. The third kappa shape index (κ3) is 7.32. The highest BCUT2D eigenvalue weighted by Gasteiger charge is 1.94. The van der Waals surface area contributed by atoms with Gasteiger partial charge in [-0.25, -0.2) is 0 Å². The van der Waals surface area contributed by atoms with Crippen LogP contribution in [0.5, 0.6) is 0 Å². The molecule has 2 aromatic carbocycles. The average molecular weight is 328 g/mol. The quantitative estimate of drug-likeness (QED) is 0.427. The van der Waals surface area contributed by atoms with E-state index in [4.69, 9.17) is 0 Å². The van der Waals surface area contributed by atoms with Crippen LogP contribution in [0, 0.1) is 23.7 Å². The molecule has 0 atom stereocenters. The number of unbranched alkanes of at least 4 members (excludes halogenated alkanes) is 4. The predicted octanol–water partition coefficient (Wildman–Crippen LogP) is 6.36. The second-order valence-electron chi connectivity index (χ2n) is 6.39. The van der Waals surface area contributed by atoms with Crippen molar-refractivity contribution in [2.75, 3.05) is 0 Å². The van der Waals surface area contributed by atoms with Crippen LogP contribution in [0.4, 0.5) is 0 Å². The van der Waals surface area contributed by atoms with Crippen molar-refractivity contribution in [3.8, 4) is 23.7 Å². The molecule has 0 spiro atoms.